The first-order valence-corrected chi connectivity index (χ1v) is 8.08. The zero-order chi connectivity index (χ0) is 15.4. The van der Waals surface area contributed by atoms with Crippen molar-refractivity contribution in [3.8, 4) is 11.5 Å². The lowest BCUT2D eigenvalue weighted by molar-refractivity contribution is 0.484. The minimum Gasteiger partial charge on any atom is -0.455 e. The third-order valence-electron chi connectivity index (χ3n) is 3.17. The van der Waals surface area contributed by atoms with Gasteiger partial charge in [-0.1, -0.05) is 41.9 Å². The van der Waals surface area contributed by atoms with Gasteiger partial charge >= 0.3 is 0 Å². The highest BCUT2D eigenvalue weighted by atomic mass is 35.5. The molecule has 0 atom stereocenters. The van der Waals surface area contributed by atoms with Gasteiger partial charge < -0.3 is 10.1 Å². The quantitative estimate of drug-likeness (QED) is 0.669. The molecule has 0 bridgehead atoms. The van der Waals surface area contributed by atoms with Crippen molar-refractivity contribution in [3.05, 3.63) is 69.6 Å². The smallest absolute Gasteiger partial charge is 0.183 e. The fraction of sp³-hybridized carbons (Fsp3) is 0.118. The maximum absolute atomic E-state index is 5.98. The number of aryl methyl sites for hydroxylation is 1. The van der Waals surface area contributed by atoms with E-state index in [1.54, 1.807) is 6.20 Å². The van der Waals surface area contributed by atoms with Gasteiger partial charge in [-0.05, 0) is 30.7 Å². The van der Waals surface area contributed by atoms with E-state index in [0.717, 1.165) is 27.6 Å². The van der Waals surface area contributed by atoms with Crippen LogP contribution in [0.4, 0.5) is 5.69 Å². The monoisotopic (exact) mass is 330 g/mol. The van der Waals surface area contributed by atoms with E-state index in [1.165, 1.54) is 11.3 Å². The minimum absolute atomic E-state index is 0.558. The van der Waals surface area contributed by atoms with Crippen LogP contribution in [0.3, 0.4) is 0 Å². The second-order valence-electron chi connectivity index (χ2n) is 4.80. The molecule has 0 fully saturated rings. The van der Waals surface area contributed by atoms with Crippen molar-refractivity contribution < 1.29 is 4.74 Å². The van der Waals surface area contributed by atoms with Crippen LogP contribution in [0.2, 0.25) is 4.47 Å². The molecule has 0 saturated heterocycles. The summed E-state index contributed by atoms with van der Waals surface area (Å²) in [7, 11) is 0. The van der Waals surface area contributed by atoms with Gasteiger partial charge in [-0.15, -0.1) is 11.3 Å². The molecule has 3 nitrogen and oxygen atoms in total. The molecule has 0 spiro atoms. The van der Waals surface area contributed by atoms with E-state index in [2.05, 4.69) is 23.3 Å². The number of benzene rings is 2. The summed E-state index contributed by atoms with van der Waals surface area (Å²) in [6, 6.07) is 15.8. The van der Waals surface area contributed by atoms with Crippen molar-refractivity contribution in [2.75, 3.05) is 5.32 Å². The molecule has 0 amide bonds. The lowest BCUT2D eigenvalue weighted by atomic mass is 10.2. The van der Waals surface area contributed by atoms with Crippen molar-refractivity contribution in [2.45, 2.75) is 13.5 Å². The summed E-state index contributed by atoms with van der Waals surface area (Å²) in [5, 5.41) is 3.42. The predicted molar refractivity (Wildman–Crippen MR) is 92.1 cm³/mol. The summed E-state index contributed by atoms with van der Waals surface area (Å²) >= 11 is 7.34. The number of para-hydroxylation sites is 2. The molecule has 112 valence electrons. The number of nitrogens with zero attached hydrogens (tertiary/aromatic N) is 1. The molecular weight excluding hydrogens is 316 g/mol. The molecule has 1 aromatic heterocycles. The molecule has 2 aromatic carbocycles. The summed E-state index contributed by atoms with van der Waals surface area (Å²) in [6.07, 6.45) is 1.79. The van der Waals surface area contributed by atoms with E-state index in [9.17, 15) is 0 Å². The average Bonchev–Trinajstić information content (AvgIpc) is 2.93. The Morgan fingerprint density at radius 2 is 1.95 bits per heavy atom. The molecule has 3 rings (SSSR count). The number of anilines is 1. The van der Waals surface area contributed by atoms with Gasteiger partial charge in [-0.2, -0.15) is 0 Å². The van der Waals surface area contributed by atoms with Gasteiger partial charge in [0.15, 0.2) is 10.2 Å². The highest BCUT2D eigenvalue weighted by molar-refractivity contribution is 7.15. The van der Waals surface area contributed by atoms with Crippen LogP contribution in [0.1, 0.15) is 10.4 Å². The van der Waals surface area contributed by atoms with E-state index in [0.29, 0.717) is 11.0 Å². The van der Waals surface area contributed by atoms with E-state index < -0.39 is 0 Å². The van der Waals surface area contributed by atoms with E-state index in [-0.39, 0.29) is 0 Å². The maximum atomic E-state index is 5.98. The number of aromatic nitrogens is 1. The second-order valence-corrected chi connectivity index (χ2v) is 6.49. The highest BCUT2D eigenvalue weighted by Crippen LogP contribution is 2.32. The lowest BCUT2D eigenvalue weighted by Gasteiger charge is -2.15. The van der Waals surface area contributed by atoms with Crippen molar-refractivity contribution in [3.63, 3.8) is 0 Å². The molecule has 3 aromatic rings. The zero-order valence-corrected chi connectivity index (χ0v) is 13.6. The molecular formula is C17H15ClN2OS. The molecule has 22 heavy (non-hydrogen) atoms. The molecule has 0 aliphatic rings. The summed E-state index contributed by atoms with van der Waals surface area (Å²) in [4.78, 5) is 5.14. The van der Waals surface area contributed by atoms with Gasteiger partial charge in [-0.25, -0.2) is 4.98 Å². The maximum Gasteiger partial charge on any atom is 0.183 e. The molecule has 0 saturated carbocycles. The van der Waals surface area contributed by atoms with Gasteiger partial charge in [0.25, 0.3) is 0 Å². The van der Waals surface area contributed by atoms with E-state index >= 15 is 0 Å². The fourth-order valence-electron chi connectivity index (χ4n) is 2.11. The average molecular weight is 331 g/mol. The van der Waals surface area contributed by atoms with Crippen LogP contribution in [-0.2, 0) is 6.54 Å². The van der Waals surface area contributed by atoms with Gasteiger partial charge in [0.05, 0.1) is 12.2 Å². The Labute approximate surface area is 138 Å². The van der Waals surface area contributed by atoms with Crippen molar-refractivity contribution in [1.29, 1.82) is 0 Å². The minimum atomic E-state index is 0.558. The van der Waals surface area contributed by atoms with Crippen LogP contribution in [0, 0.1) is 6.92 Å². The van der Waals surface area contributed by atoms with Gasteiger partial charge in [-0.3, -0.25) is 0 Å². The Morgan fingerprint density at radius 3 is 2.68 bits per heavy atom. The largest absolute Gasteiger partial charge is 0.455 e. The normalized spacial score (nSPS) is 10.5. The Morgan fingerprint density at radius 1 is 1.14 bits per heavy atom. The third kappa shape index (κ3) is 3.59. The molecule has 1 N–H and O–H groups in total. The van der Waals surface area contributed by atoms with Crippen LogP contribution < -0.4 is 10.1 Å². The van der Waals surface area contributed by atoms with Gasteiger partial charge in [0, 0.05) is 11.1 Å². The summed E-state index contributed by atoms with van der Waals surface area (Å²) < 4.78 is 6.54. The molecule has 5 heteroatoms. The van der Waals surface area contributed by atoms with Crippen molar-refractivity contribution >= 4 is 28.6 Å². The van der Waals surface area contributed by atoms with Gasteiger partial charge in [0.1, 0.15) is 5.75 Å². The van der Waals surface area contributed by atoms with E-state index in [1.807, 2.05) is 42.5 Å². The third-order valence-corrected chi connectivity index (χ3v) is 4.29. The number of halogens is 1. The number of ether oxygens (including phenoxy) is 1. The molecule has 0 aliphatic heterocycles. The fourth-order valence-corrected chi connectivity index (χ4v) is 3.03. The molecule has 0 radical (unpaired) electrons. The van der Waals surface area contributed by atoms with Crippen LogP contribution >= 0.6 is 22.9 Å². The first kappa shape index (κ1) is 14.9. The first-order chi connectivity index (χ1) is 10.7. The standard InChI is InChI=1S/C17H15ClN2OS/c1-12-6-5-9-15(21-13-7-3-2-4-8-13)16(12)19-10-14-11-20-17(18)22-14/h2-9,11,19H,10H2,1H3. The number of hydrogen-bond donors (Lipinski definition) is 1. The molecule has 0 unspecified atom stereocenters. The Kier molecular flexibility index (Phi) is 4.61. The van der Waals surface area contributed by atoms with Crippen molar-refractivity contribution in [2.24, 2.45) is 0 Å². The van der Waals surface area contributed by atoms with E-state index in [4.69, 9.17) is 16.3 Å². The first-order valence-electron chi connectivity index (χ1n) is 6.89. The molecule has 1 heterocycles. The number of hydrogen-bond acceptors (Lipinski definition) is 4. The second kappa shape index (κ2) is 6.81. The SMILES string of the molecule is Cc1cccc(Oc2ccccc2)c1NCc1cnc(Cl)s1. The predicted octanol–water partition coefficient (Wildman–Crippen LogP) is 5.51. The zero-order valence-electron chi connectivity index (χ0n) is 12.0. The summed E-state index contributed by atoms with van der Waals surface area (Å²) in [5.74, 6) is 1.62. The molecule has 0 aliphatic carbocycles. The van der Waals surface area contributed by atoms with Crippen LogP contribution in [-0.4, -0.2) is 4.98 Å². The Bertz CT molecular complexity index is 758. The van der Waals surface area contributed by atoms with Crippen molar-refractivity contribution in [1.82, 2.24) is 4.98 Å². The summed E-state index contributed by atoms with van der Waals surface area (Å²) in [5.41, 5.74) is 2.11. The van der Waals surface area contributed by atoms with Crippen LogP contribution in [0.25, 0.3) is 0 Å². The summed E-state index contributed by atoms with van der Waals surface area (Å²) in [6.45, 7) is 2.72. The van der Waals surface area contributed by atoms with Gasteiger partial charge in [0.2, 0.25) is 0 Å². The number of thiazole rings is 1. The number of rotatable bonds is 5. The van der Waals surface area contributed by atoms with Crippen LogP contribution in [0.5, 0.6) is 11.5 Å². The van der Waals surface area contributed by atoms with Crippen LogP contribution in [0.15, 0.2) is 54.7 Å². The lowest BCUT2D eigenvalue weighted by Crippen LogP contribution is -2.01. The highest BCUT2D eigenvalue weighted by Gasteiger charge is 2.08. The Balaban J connectivity index is 1.80. The number of nitrogens with one attached hydrogen (secondary N) is 1. The Hall–Kier alpha value is -2.04. The topological polar surface area (TPSA) is 34.1 Å².